The number of rotatable bonds is 7. The van der Waals surface area contributed by atoms with Crippen LogP contribution in [0, 0.1) is 0 Å². The van der Waals surface area contributed by atoms with E-state index in [1.165, 1.54) is 0 Å². The first kappa shape index (κ1) is 16.5. The van der Waals surface area contributed by atoms with E-state index in [0.717, 1.165) is 0 Å². The van der Waals surface area contributed by atoms with Crippen LogP contribution < -0.4 is 10.5 Å². The predicted octanol–water partition coefficient (Wildman–Crippen LogP) is 0.557. The van der Waals surface area contributed by atoms with Crippen molar-refractivity contribution in [3.05, 3.63) is 29.8 Å². The van der Waals surface area contributed by atoms with E-state index in [1.54, 1.807) is 29.2 Å². The Labute approximate surface area is 120 Å². The van der Waals surface area contributed by atoms with Crippen molar-refractivity contribution in [1.29, 1.82) is 0 Å². The van der Waals surface area contributed by atoms with Crippen LogP contribution in [0.3, 0.4) is 0 Å². The van der Waals surface area contributed by atoms with Gasteiger partial charge in [0.25, 0.3) is 0 Å². The molecule has 1 aromatic carbocycles. The van der Waals surface area contributed by atoms with Crippen LogP contribution in [0.25, 0.3) is 0 Å². The molecular weight excluding hydrogens is 278 g/mol. The van der Waals surface area contributed by atoms with Crippen LogP contribution in [-0.4, -0.2) is 38.9 Å². The predicted molar refractivity (Wildman–Crippen MR) is 79.4 cm³/mol. The van der Waals surface area contributed by atoms with Crippen molar-refractivity contribution in [2.24, 2.45) is 0 Å². The number of hydrogen-bond donors (Lipinski definition) is 2. The standard InChI is InChI=1S/C13H21N3O3S/c1-3-16(4-2)13(17)9-15-20(18,19)10-11-5-7-12(14)8-6-11/h5-8,15H,3-4,9-10,14H2,1-2H3. The highest BCUT2D eigenvalue weighted by molar-refractivity contribution is 7.88. The number of benzene rings is 1. The summed E-state index contributed by atoms with van der Waals surface area (Å²) in [4.78, 5) is 13.3. The number of nitrogens with two attached hydrogens (primary N) is 1. The molecule has 0 aromatic heterocycles. The van der Waals surface area contributed by atoms with Gasteiger partial charge in [0.1, 0.15) is 0 Å². The van der Waals surface area contributed by atoms with Gasteiger partial charge in [0.2, 0.25) is 15.9 Å². The van der Waals surface area contributed by atoms with E-state index in [9.17, 15) is 13.2 Å². The molecule has 112 valence electrons. The van der Waals surface area contributed by atoms with Crippen molar-refractivity contribution < 1.29 is 13.2 Å². The third-order valence-corrected chi connectivity index (χ3v) is 4.19. The van der Waals surface area contributed by atoms with Gasteiger partial charge in [-0.2, -0.15) is 0 Å². The van der Waals surface area contributed by atoms with Gasteiger partial charge in [-0.15, -0.1) is 0 Å². The normalized spacial score (nSPS) is 11.3. The average molecular weight is 299 g/mol. The number of nitrogen functional groups attached to an aromatic ring is 1. The lowest BCUT2D eigenvalue weighted by molar-refractivity contribution is -0.129. The van der Waals surface area contributed by atoms with Gasteiger partial charge < -0.3 is 10.6 Å². The Hall–Kier alpha value is -1.60. The van der Waals surface area contributed by atoms with E-state index in [-0.39, 0.29) is 18.2 Å². The van der Waals surface area contributed by atoms with E-state index < -0.39 is 10.0 Å². The zero-order valence-electron chi connectivity index (χ0n) is 11.8. The summed E-state index contributed by atoms with van der Waals surface area (Å²) >= 11 is 0. The third kappa shape index (κ3) is 5.18. The van der Waals surface area contributed by atoms with Crippen molar-refractivity contribution in [2.75, 3.05) is 25.4 Å². The van der Waals surface area contributed by atoms with Gasteiger partial charge in [-0.25, -0.2) is 13.1 Å². The molecule has 20 heavy (non-hydrogen) atoms. The minimum atomic E-state index is -3.53. The van der Waals surface area contributed by atoms with Crippen LogP contribution in [-0.2, 0) is 20.6 Å². The molecule has 0 aliphatic rings. The summed E-state index contributed by atoms with van der Waals surface area (Å²) in [5, 5.41) is 0. The van der Waals surface area contributed by atoms with E-state index in [4.69, 9.17) is 5.73 Å². The minimum absolute atomic E-state index is 0.168. The number of likely N-dealkylation sites (N-methyl/N-ethyl adjacent to an activating group) is 1. The molecule has 0 aliphatic heterocycles. The molecule has 0 atom stereocenters. The zero-order valence-corrected chi connectivity index (χ0v) is 12.6. The molecule has 0 fully saturated rings. The number of carbonyl (C=O) groups excluding carboxylic acids is 1. The third-order valence-electron chi connectivity index (χ3n) is 2.90. The molecule has 0 saturated heterocycles. The molecule has 6 nitrogen and oxygen atoms in total. The number of nitrogens with one attached hydrogen (secondary N) is 1. The Morgan fingerprint density at radius 3 is 2.25 bits per heavy atom. The summed E-state index contributed by atoms with van der Waals surface area (Å²) in [5.41, 5.74) is 6.74. The van der Waals surface area contributed by atoms with E-state index in [1.807, 2.05) is 13.8 Å². The van der Waals surface area contributed by atoms with E-state index in [2.05, 4.69) is 4.72 Å². The number of carbonyl (C=O) groups is 1. The highest BCUT2D eigenvalue weighted by Gasteiger charge is 2.15. The van der Waals surface area contributed by atoms with Gasteiger partial charge in [0.15, 0.2) is 0 Å². The van der Waals surface area contributed by atoms with Gasteiger partial charge in [0.05, 0.1) is 12.3 Å². The SMILES string of the molecule is CCN(CC)C(=O)CNS(=O)(=O)Cc1ccc(N)cc1. The first-order chi connectivity index (χ1) is 9.38. The number of anilines is 1. The van der Waals surface area contributed by atoms with Crippen LogP contribution in [0.5, 0.6) is 0 Å². The molecule has 0 spiro atoms. The second-order valence-corrected chi connectivity index (χ2v) is 6.19. The number of sulfonamides is 1. The fourth-order valence-electron chi connectivity index (χ4n) is 1.74. The Morgan fingerprint density at radius 1 is 1.20 bits per heavy atom. The van der Waals surface area contributed by atoms with Gasteiger partial charge in [0, 0.05) is 18.8 Å². The Bertz CT molecular complexity index is 536. The largest absolute Gasteiger partial charge is 0.399 e. The maximum atomic E-state index is 11.9. The summed E-state index contributed by atoms with van der Waals surface area (Å²) in [7, 11) is -3.53. The number of hydrogen-bond acceptors (Lipinski definition) is 4. The molecule has 0 aliphatic carbocycles. The summed E-state index contributed by atoms with van der Waals surface area (Å²) in [6, 6.07) is 6.60. The smallest absolute Gasteiger partial charge is 0.237 e. The highest BCUT2D eigenvalue weighted by Crippen LogP contribution is 2.08. The van der Waals surface area contributed by atoms with Crippen molar-refractivity contribution in [2.45, 2.75) is 19.6 Å². The first-order valence-corrected chi connectivity index (χ1v) is 8.12. The van der Waals surface area contributed by atoms with Gasteiger partial charge in [-0.1, -0.05) is 12.1 Å². The van der Waals surface area contributed by atoms with Gasteiger partial charge >= 0.3 is 0 Å². The van der Waals surface area contributed by atoms with Crippen LogP contribution in [0.1, 0.15) is 19.4 Å². The second kappa shape index (κ2) is 7.25. The van der Waals surface area contributed by atoms with Crippen molar-refractivity contribution in [3.8, 4) is 0 Å². The van der Waals surface area contributed by atoms with Gasteiger partial charge in [-0.3, -0.25) is 4.79 Å². The monoisotopic (exact) mass is 299 g/mol. The Balaban J connectivity index is 2.58. The lowest BCUT2D eigenvalue weighted by atomic mass is 10.2. The number of amides is 1. The van der Waals surface area contributed by atoms with Crippen molar-refractivity contribution >= 4 is 21.6 Å². The summed E-state index contributed by atoms with van der Waals surface area (Å²) in [6.07, 6.45) is 0. The molecule has 0 heterocycles. The van der Waals surface area contributed by atoms with Crippen molar-refractivity contribution in [1.82, 2.24) is 9.62 Å². The lowest BCUT2D eigenvalue weighted by Crippen LogP contribution is -2.40. The van der Waals surface area contributed by atoms with E-state index in [0.29, 0.717) is 24.3 Å². The fourth-order valence-corrected chi connectivity index (χ4v) is 2.82. The van der Waals surface area contributed by atoms with Crippen LogP contribution >= 0.6 is 0 Å². The molecule has 7 heteroatoms. The Morgan fingerprint density at radius 2 is 1.75 bits per heavy atom. The van der Waals surface area contributed by atoms with Gasteiger partial charge in [-0.05, 0) is 31.5 Å². The Kier molecular flexibility index (Phi) is 5.97. The van der Waals surface area contributed by atoms with Crippen LogP contribution in [0.15, 0.2) is 24.3 Å². The molecule has 1 rings (SSSR count). The molecule has 0 saturated carbocycles. The summed E-state index contributed by atoms with van der Waals surface area (Å²) in [5.74, 6) is -0.394. The van der Waals surface area contributed by atoms with Crippen LogP contribution in [0.4, 0.5) is 5.69 Å². The fraction of sp³-hybridized carbons (Fsp3) is 0.462. The second-order valence-electron chi connectivity index (χ2n) is 4.39. The molecule has 1 amide bonds. The summed E-state index contributed by atoms with van der Waals surface area (Å²) in [6.45, 7) is 4.62. The molecule has 0 bridgehead atoms. The zero-order chi connectivity index (χ0) is 15.2. The average Bonchev–Trinajstić information content (AvgIpc) is 2.40. The minimum Gasteiger partial charge on any atom is -0.399 e. The maximum absolute atomic E-state index is 11.9. The maximum Gasteiger partial charge on any atom is 0.237 e. The molecular formula is C13H21N3O3S. The molecule has 3 N–H and O–H groups in total. The molecule has 1 aromatic rings. The summed E-state index contributed by atoms with van der Waals surface area (Å²) < 4.78 is 26.1. The quantitative estimate of drug-likeness (QED) is 0.719. The number of nitrogens with zero attached hydrogens (tertiary/aromatic N) is 1. The highest BCUT2D eigenvalue weighted by atomic mass is 32.2. The molecule has 0 unspecified atom stereocenters. The molecule has 0 radical (unpaired) electrons. The topological polar surface area (TPSA) is 92.5 Å². The van der Waals surface area contributed by atoms with Crippen LogP contribution in [0.2, 0.25) is 0 Å². The lowest BCUT2D eigenvalue weighted by Gasteiger charge is -2.18. The first-order valence-electron chi connectivity index (χ1n) is 6.47. The van der Waals surface area contributed by atoms with E-state index >= 15 is 0 Å². The van der Waals surface area contributed by atoms with Crippen molar-refractivity contribution in [3.63, 3.8) is 0 Å².